The highest BCUT2D eigenvalue weighted by Crippen LogP contribution is 2.37. The van der Waals surface area contributed by atoms with Gasteiger partial charge in [0.25, 0.3) is 0 Å². The number of nitrogens with zero attached hydrogens (tertiary/aromatic N) is 3. The summed E-state index contributed by atoms with van der Waals surface area (Å²) >= 11 is 0. The Morgan fingerprint density at radius 3 is 2.29 bits per heavy atom. The van der Waals surface area contributed by atoms with E-state index in [4.69, 9.17) is 4.74 Å². The van der Waals surface area contributed by atoms with Crippen LogP contribution in [-0.2, 0) is 0 Å². The molecule has 0 spiro atoms. The van der Waals surface area contributed by atoms with Crippen LogP contribution in [0.4, 0.5) is 28.9 Å². The van der Waals surface area contributed by atoms with Crippen molar-refractivity contribution in [2.75, 3.05) is 23.0 Å². The maximum Gasteiger partial charge on any atom is 0.431 e. The molecule has 8 heteroatoms. The summed E-state index contributed by atoms with van der Waals surface area (Å²) in [5.74, 6) is 0.107. The molecule has 2 aliphatic heterocycles. The van der Waals surface area contributed by atoms with Gasteiger partial charge in [-0.15, -0.1) is 0 Å². The monoisotopic (exact) mass is 491 g/mol. The molecule has 2 aliphatic rings. The standard InChI is InChI=1S/C27H33F4N3O/c1-5-24-18(4)26(27(29,30)31)32-34(24)20-7-9-21(10-8-20)35-22-12-14-33(15-13-22)25-16-19(17(2)3)6-11-23(25)28/h6-11,16-18,22,24H,5,12-15H2,1-4H3/t18?,24-/m0/s1. The first-order valence-corrected chi connectivity index (χ1v) is 12.3. The van der Waals surface area contributed by atoms with Crippen molar-refractivity contribution >= 4 is 17.1 Å². The molecule has 2 aromatic rings. The quantitative estimate of drug-likeness (QED) is 0.402. The minimum Gasteiger partial charge on any atom is -0.490 e. The van der Waals surface area contributed by atoms with Gasteiger partial charge in [0.05, 0.1) is 17.4 Å². The van der Waals surface area contributed by atoms with Crippen LogP contribution in [0.5, 0.6) is 5.75 Å². The first kappa shape index (κ1) is 25.3. The van der Waals surface area contributed by atoms with Crippen molar-refractivity contribution < 1.29 is 22.3 Å². The number of benzene rings is 2. The van der Waals surface area contributed by atoms with Crippen molar-refractivity contribution in [2.24, 2.45) is 11.0 Å². The lowest BCUT2D eigenvalue weighted by atomic mass is 9.95. The summed E-state index contributed by atoms with van der Waals surface area (Å²) in [6, 6.07) is 12.1. The summed E-state index contributed by atoms with van der Waals surface area (Å²) < 4.78 is 60.6. The van der Waals surface area contributed by atoms with Gasteiger partial charge in [-0.2, -0.15) is 18.3 Å². The fraction of sp³-hybridized carbons (Fsp3) is 0.519. The predicted octanol–water partition coefficient (Wildman–Crippen LogP) is 7.15. The van der Waals surface area contributed by atoms with E-state index in [0.29, 0.717) is 42.6 Å². The number of halogens is 4. The largest absolute Gasteiger partial charge is 0.490 e. The number of hydrogen-bond donors (Lipinski definition) is 0. The first-order chi connectivity index (χ1) is 16.6. The molecule has 1 unspecified atom stereocenters. The highest BCUT2D eigenvalue weighted by Gasteiger charge is 2.47. The van der Waals surface area contributed by atoms with E-state index in [2.05, 4.69) is 23.8 Å². The summed E-state index contributed by atoms with van der Waals surface area (Å²) in [5, 5.41) is 5.40. The second kappa shape index (κ2) is 10.1. The normalized spacial score (nSPS) is 21.6. The predicted molar refractivity (Wildman–Crippen MR) is 132 cm³/mol. The molecule has 0 aromatic heterocycles. The summed E-state index contributed by atoms with van der Waals surface area (Å²) in [7, 11) is 0. The Balaban J connectivity index is 1.38. The average molecular weight is 492 g/mol. The summed E-state index contributed by atoms with van der Waals surface area (Å²) in [6.45, 7) is 9.03. The fourth-order valence-corrected chi connectivity index (χ4v) is 4.98. The minimum atomic E-state index is -4.43. The minimum absolute atomic E-state index is 0.00139. The maximum atomic E-state index is 14.4. The van der Waals surface area contributed by atoms with E-state index in [9.17, 15) is 17.6 Å². The van der Waals surface area contributed by atoms with Crippen molar-refractivity contribution in [3.05, 3.63) is 53.8 Å². The Kier molecular flexibility index (Phi) is 7.29. The molecule has 0 saturated carbocycles. The lowest BCUT2D eigenvalue weighted by molar-refractivity contribution is -0.0620. The van der Waals surface area contributed by atoms with E-state index < -0.39 is 17.8 Å². The number of hydrazone groups is 1. The number of alkyl halides is 3. The lowest BCUT2D eigenvalue weighted by Gasteiger charge is -2.34. The van der Waals surface area contributed by atoms with Gasteiger partial charge in [0, 0.05) is 31.8 Å². The Hall–Kier alpha value is -2.77. The molecule has 0 bridgehead atoms. The van der Waals surface area contributed by atoms with Crippen molar-refractivity contribution in [3.63, 3.8) is 0 Å². The Morgan fingerprint density at radius 2 is 1.71 bits per heavy atom. The Bertz CT molecular complexity index is 1040. The molecule has 1 fully saturated rings. The molecule has 0 radical (unpaired) electrons. The molecule has 0 N–H and O–H groups in total. The van der Waals surface area contributed by atoms with Crippen LogP contribution < -0.4 is 14.6 Å². The Morgan fingerprint density at radius 1 is 1.06 bits per heavy atom. The average Bonchev–Trinajstić information content (AvgIpc) is 3.17. The van der Waals surface area contributed by atoms with E-state index in [1.807, 2.05) is 19.1 Å². The number of hydrogen-bond acceptors (Lipinski definition) is 4. The number of ether oxygens (including phenoxy) is 1. The summed E-state index contributed by atoms with van der Waals surface area (Å²) in [6.07, 6.45) is -2.36. The highest BCUT2D eigenvalue weighted by molar-refractivity contribution is 5.95. The molecule has 1 saturated heterocycles. The molecular weight excluding hydrogens is 458 g/mol. The van der Waals surface area contributed by atoms with Crippen LogP contribution in [0.3, 0.4) is 0 Å². The van der Waals surface area contributed by atoms with Gasteiger partial charge in [-0.1, -0.05) is 33.8 Å². The van der Waals surface area contributed by atoms with Gasteiger partial charge in [0.15, 0.2) is 0 Å². The molecule has 190 valence electrons. The number of anilines is 2. The van der Waals surface area contributed by atoms with Gasteiger partial charge in [-0.05, 0) is 54.3 Å². The fourth-order valence-electron chi connectivity index (χ4n) is 4.98. The van der Waals surface area contributed by atoms with Crippen molar-refractivity contribution in [3.8, 4) is 5.75 Å². The summed E-state index contributed by atoms with van der Waals surface area (Å²) in [5.41, 5.74) is 1.64. The number of piperidine rings is 1. The van der Waals surface area contributed by atoms with E-state index in [-0.39, 0.29) is 18.0 Å². The SMILES string of the molecule is CC[C@H]1C(C)C(C(F)(F)F)=NN1c1ccc(OC2CCN(c3cc(C(C)C)ccc3F)CC2)cc1. The van der Waals surface area contributed by atoms with E-state index >= 15 is 0 Å². The third kappa shape index (κ3) is 5.41. The van der Waals surface area contributed by atoms with Gasteiger partial charge in [-0.3, -0.25) is 5.01 Å². The van der Waals surface area contributed by atoms with Crippen LogP contribution in [0, 0.1) is 11.7 Å². The van der Waals surface area contributed by atoms with Crippen LogP contribution in [0.15, 0.2) is 47.6 Å². The smallest absolute Gasteiger partial charge is 0.431 e. The van der Waals surface area contributed by atoms with Crippen LogP contribution in [0.25, 0.3) is 0 Å². The molecule has 4 rings (SSSR count). The van der Waals surface area contributed by atoms with Crippen LogP contribution in [-0.4, -0.2) is 37.1 Å². The van der Waals surface area contributed by atoms with Gasteiger partial charge < -0.3 is 9.64 Å². The molecule has 4 nitrogen and oxygen atoms in total. The molecule has 2 heterocycles. The van der Waals surface area contributed by atoms with E-state index in [1.165, 1.54) is 5.01 Å². The molecule has 0 aliphatic carbocycles. The lowest BCUT2D eigenvalue weighted by Crippen LogP contribution is -2.38. The third-order valence-corrected chi connectivity index (χ3v) is 7.07. The van der Waals surface area contributed by atoms with Gasteiger partial charge in [0.1, 0.15) is 23.4 Å². The zero-order valence-corrected chi connectivity index (χ0v) is 20.6. The number of rotatable bonds is 6. The van der Waals surface area contributed by atoms with Gasteiger partial charge in [-0.25, -0.2) is 4.39 Å². The topological polar surface area (TPSA) is 28.1 Å². The third-order valence-electron chi connectivity index (χ3n) is 7.07. The van der Waals surface area contributed by atoms with E-state index in [1.54, 1.807) is 37.3 Å². The Labute approximate surface area is 204 Å². The van der Waals surface area contributed by atoms with Gasteiger partial charge >= 0.3 is 6.18 Å². The van der Waals surface area contributed by atoms with Crippen molar-refractivity contribution in [2.45, 2.75) is 71.2 Å². The second-order valence-electron chi connectivity index (χ2n) is 9.76. The zero-order valence-electron chi connectivity index (χ0n) is 20.6. The molecular formula is C27H33F4N3O. The zero-order chi connectivity index (χ0) is 25.3. The molecule has 2 aromatic carbocycles. The van der Waals surface area contributed by atoms with Crippen LogP contribution >= 0.6 is 0 Å². The molecule has 35 heavy (non-hydrogen) atoms. The highest BCUT2D eigenvalue weighted by atomic mass is 19.4. The van der Waals surface area contributed by atoms with Crippen molar-refractivity contribution in [1.82, 2.24) is 0 Å². The first-order valence-electron chi connectivity index (χ1n) is 12.3. The molecule has 2 atom stereocenters. The second-order valence-corrected chi connectivity index (χ2v) is 9.76. The van der Waals surface area contributed by atoms with Crippen LogP contribution in [0.2, 0.25) is 0 Å². The maximum absolute atomic E-state index is 14.4. The molecule has 0 amide bonds. The van der Waals surface area contributed by atoms with Crippen LogP contribution in [0.1, 0.15) is 58.4 Å². The summed E-state index contributed by atoms with van der Waals surface area (Å²) in [4.78, 5) is 2.07. The van der Waals surface area contributed by atoms with Crippen molar-refractivity contribution in [1.29, 1.82) is 0 Å². The van der Waals surface area contributed by atoms with E-state index in [0.717, 1.165) is 18.4 Å². The van der Waals surface area contributed by atoms with Gasteiger partial charge in [0.2, 0.25) is 0 Å².